The number of hydrogen-bond acceptors (Lipinski definition) is 2. The van der Waals surface area contributed by atoms with E-state index < -0.39 is 17.3 Å². The van der Waals surface area contributed by atoms with Gasteiger partial charge in [-0.25, -0.2) is 4.98 Å². The molecule has 1 aromatic heterocycles. The summed E-state index contributed by atoms with van der Waals surface area (Å²) in [5, 5.41) is 2.55. The van der Waals surface area contributed by atoms with E-state index in [2.05, 4.69) is 10.3 Å². The van der Waals surface area contributed by atoms with Gasteiger partial charge < -0.3 is 5.32 Å². The van der Waals surface area contributed by atoms with Gasteiger partial charge in [-0.3, -0.25) is 4.79 Å². The zero-order valence-corrected chi connectivity index (χ0v) is 12.2. The lowest BCUT2D eigenvalue weighted by Crippen LogP contribution is -2.28. The lowest BCUT2D eigenvalue weighted by molar-refractivity contribution is -0.141. The maximum absolute atomic E-state index is 12.4. The number of rotatable bonds is 1. The van der Waals surface area contributed by atoms with E-state index in [4.69, 9.17) is 0 Å². The number of anilines is 1. The molecule has 0 aliphatic heterocycles. The first-order valence-corrected chi connectivity index (χ1v) is 6.14. The van der Waals surface area contributed by atoms with Gasteiger partial charge in [-0.1, -0.05) is 20.8 Å². The van der Waals surface area contributed by atoms with Crippen molar-refractivity contribution in [1.82, 2.24) is 4.98 Å². The molecule has 0 atom stereocenters. The number of carbonyl (C=O) groups is 1. The van der Waals surface area contributed by atoms with Crippen LogP contribution in [0, 0.1) is 8.99 Å². The van der Waals surface area contributed by atoms with Crippen LogP contribution in [0.5, 0.6) is 0 Å². The molecular weight excluding hydrogens is 360 g/mol. The average molecular weight is 372 g/mol. The van der Waals surface area contributed by atoms with Crippen LogP contribution in [0.2, 0.25) is 0 Å². The zero-order valence-electron chi connectivity index (χ0n) is 10.0. The molecule has 0 aromatic carbocycles. The Morgan fingerprint density at radius 3 is 2.28 bits per heavy atom. The summed E-state index contributed by atoms with van der Waals surface area (Å²) in [6.07, 6.45) is -3.46. The molecule has 7 heteroatoms. The van der Waals surface area contributed by atoms with E-state index in [1.165, 1.54) is 0 Å². The van der Waals surface area contributed by atoms with Gasteiger partial charge in [-0.15, -0.1) is 0 Å². The molecule has 0 radical (unpaired) electrons. The number of aromatic nitrogens is 1. The molecule has 0 unspecified atom stereocenters. The first kappa shape index (κ1) is 15.2. The quantitative estimate of drug-likeness (QED) is 0.765. The number of halogens is 4. The number of carbonyl (C=O) groups excluding carboxylic acids is 1. The largest absolute Gasteiger partial charge is 0.433 e. The maximum atomic E-state index is 12.4. The Balaban J connectivity index is 2.98. The number of nitrogens with one attached hydrogen (secondary N) is 1. The van der Waals surface area contributed by atoms with E-state index >= 15 is 0 Å². The molecule has 0 saturated heterocycles. The molecule has 1 amide bonds. The van der Waals surface area contributed by atoms with Gasteiger partial charge in [0.1, 0.15) is 5.69 Å². The van der Waals surface area contributed by atoms with Crippen molar-refractivity contribution in [3.63, 3.8) is 0 Å². The first-order valence-electron chi connectivity index (χ1n) is 5.06. The van der Waals surface area contributed by atoms with Gasteiger partial charge in [0.15, 0.2) is 0 Å². The Morgan fingerprint density at radius 1 is 1.33 bits per heavy atom. The zero-order chi connectivity index (χ0) is 14.1. The van der Waals surface area contributed by atoms with E-state index in [0.29, 0.717) is 3.57 Å². The van der Waals surface area contributed by atoms with Gasteiger partial charge in [-0.2, -0.15) is 13.2 Å². The van der Waals surface area contributed by atoms with Crippen LogP contribution in [0.1, 0.15) is 26.5 Å². The second-order valence-electron chi connectivity index (χ2n) is 4.75. The summed E-state index contributed by atoms with van der Waals surface area (Å²) in [5.74, 6) is -0.276. The highest BCUT2D eigenvalue weighted by molar-refractivity contribution is 14.1. The van der Waals surface area contributed by atoms with Gasteiger partial charge in [0, 0.05) is 8.99 Å². The third kappa shape index (κ3) is 3.82. The standard InChI is InChI=1S/C11H12F3IN2O/c1-10(2,3)9(18)17-7-5-16-8(4-6(7)15)11(12,13)14/h4-5H,1-3H3,(H,17,18). The fourth-order valence-corrected chi connectivity index (χ4v) is 1.56. The maximum Gasteiger partial charge on any atom is 0.433 e. The van der Waals surface area contributed by atoms with Gasteiger partial charge >= 0.3 is 6.18 Å². The highest BCUT2D eigenvalue weighted by Gasteiger charge is 2.33. The predicted molar refractivity (Wildman–Crippen MR) is 70.0 cm³/mol. The molecule has 1 N–H and O–H groups in total. The van der Waals surface area contributed by atoms with Crippen LogP contribution in [0.25, 0.3) is 0 Å². The Bertz CT molecular complexity index is 466. The van der Waals surface area contributed by atoms with Crippen molar-refractivity contribution in [3.05, 3.63) is 21.5 Å². The lowest BCUT2D eigenvalue weighted by Gasteiger charge is -2.18. The molecule has 0 aliphatic rings. The second kappa shape index (κ2) is 5.02. The van der Waals surface area contributed by atoms with Gasteiger partial charge in [0.2, 0.25) is 5.91 Å². The fraction of sp³-hybridized carbons (Fsp3) is 0.455. The van der Waals surface area contributed by atoms with Crippen molar-refractivity contribution in [2.24, 2.45) is 5.41 Å². The van der Waals surface area contributed by atoms with Crippen LogP contribution in [-0.4, -0.2) is 10.9 Å². The van der Waals surface area contributed by atoms with Crippen molar-refractivity contribution in [2.45, 2.75) is 26.9 Å². The minimum Gasteiger partial charge on any atom is -0.323 e. The first-order chi connectivity index (χ1) is 8.01. The Morgan fingerprint density at radius 2 is 1.89 bits per heavy atom. The molecule has 0 spiro atoms. The van der Waals surface area contributed by atoms with Crippen molar-refractivity contribution >= 4 is 34.2 Å². The summed E-state index contributed by atoms with van der Waals surface area (Å²) in [5.41, 5.74) is -1.31. The van der Waals surface area contributed by atoms with E-state index in [1.807, 2.05) is 0 Å². The van der Waals surface area contributed by atoms with Crippen molar-refractivity contribution in [3.8, 4) is 0 Å². The molecule has 1 aromatic rings. The molecule has 18 heavy (non-hydrogen) atoms. The minimum absolute atomic E-state index is 0.276. The molecule has 0 fully saturated rings. The SMILES string of the molecule is CC(C)(C)C(=O)Nc1cnc(C(F)(F)F)cc1I. The summed E-state index contributed by atoms with van der Waals surface area (Å²) in [6, 6.07) is 0.902. The summed E-state index contributed by atoms with van der Waals surface area (Å²) in [7, 11) is 0. The van der Waals surface area contributed by atoms with Crippen LogP contribution < -0.4 is 5.32 Å². The number of amides is 1. The molecular formula is C11H12F3IN2O. The monoisotopic (exact) mass is 372 g/mol. The second-order valence-corrected chi connectivity index (χ2v) is 5.91. The number of hydrogen-bond donors (Lipinski definition) is 1. The van der Waals surface area contributed by atoms with Gasteiger partial charge in [0.05, 0.1) is 11.9 Å². The van der Waals surface area contributed by atoms with Crippen molar-refractivity contribution < 1.29 is 18.0 Å². The van der Waals surface area contributed by atoms with Crippen LogP contribution >= 0.6 is 22.6 Å². The van der Waals surface area contributed by atoms with Crippen molar-refractivity contribution in [1.29, 1.82) is 0 Å². The van der Waals surface area contributed by atoms with Crippen LogP contribution in [0.4, 0.5) is 18.9 Å². The van der Waals surface area contributed by atoms with E-state index in [-0.39, 0.29) is 11.6 Å². The number of nitrogens with zero attached hydrogens (tertiary/aromatic N) is 1. The summed E-state index contributed by atoms with van der Waals surface area (Å²) in [6.45, 7) is 5.14. The van der Waals surface area contributed by atoms with Crippen LogP contribution in [0.15, 0.2) is 12.3 Å². The molecule has 0 saturated carbocycles. The lowest BCUT2D eigenvalue weighted by atomic mass is 9.95. The normalized spacial score (nSPS) is 12.4. The van der Waals surface area contributed by atoms with Crippen LogP contribution in [0.3, 0.4) is 0 Å². The van der Waals surface area contributed by atoms with Crippen molar-refractivity contribution in [2.75, 3.05) is 5.32 Å². The molecule has 0 bridgehead atoms. The number of alkyl halides is 3. The highest BCUT2D eigenvalue weighted by Crippen LogP contribution is 2.30. The molecule has 3 nitrogen and oxygen atoms in total. The third-order valence-corrected chi connectivity index (χ3v) is 2.97. The summed E-state index contributed by atoms with van der Waals surface area (Å²) in [4.78, 5) is 15.0. The summed E-state index contributed by atoms with van der Waals surface area (Å²) >= 11 is 1.73. The topological polar surface area (TPSA) is 42.0 Å². The molecule has 0 aliphatic carbocycles. The Labute approximate surface area is 116 Å². The molecule has 100 valence electrons. The van der Waals surface area contributed by atoms with E-state index in [0.717, 1.165) is 12.3 Å². The fourth-order valence-electron chi connectivity index (χ4n) is 0.988. The predicted octanol–water partition coefficient (Wildman–Crippen LogP) is 3.69. The van der Waals surface area contributed by atoms with E-state index in [1.54, 1.807) is 43.4 Å². The third-order valence-electron chi connectivity index (χ3n) is 2.07. The smallest absolute Gasteiger partial charge is 0.323 e. The Kier molecular flexibility index (Phi) is 4.24. The highest BCUT2D eigenvalue weighted by atomic mass is 127. The Hall–Kier alpha value is -0.860. The minimum atomic E-state index is -4.48. The number of pyridine rings is 1. The van der Waals surface area contributed by atoms with Gasteiger partial charge in [-0.05, 0) is 28.7 Å². The van der Waals surface area contributed by atoms with E-state index in [9.17, 15) is 18.0 Å². The van der Waals surface area contributed by atoms with Gasteiger partial charge in [0.25, 0.3) is 0 Å². The average Bonchev–Trinajstić information content (AvgIpc) is 2.17. The molecule has 1 rings (SSSR count). The van der Waals surface area contributed by atoms with Crippen LogP contribution in [-0.2, 0) is 11.0 Å². The summed E-state index contributed by atoms with van der Waals surface area (Å²) < 4.78 is 37.5. The molecule has 1 heterocycles.